The first-order valence-corrected chi connectivity index (χ1v) is 8.07. The summed E-state index contributed by atoms with van der Waals surface area (Å²) in [4.78, 5) is 1.21. The van der Waals surface area contributed by atoms with Crippen molar-refractivity contribution < 1.29 is 8.42 Å². The molecule has 2 rings (SSSR count). The molecule has 0 fully saturated rings. The molecular formula is C12H15N3O2S2. The number of hydrogen-bond donors (Lipinski definition) is 3. The predicted molar refractivity (Wildman–Crippen MR) is 79.5 cm³/mol. The SMILES string of the molecule is CC(Nc1cccc(NS(N)(=O)=O)c1)c1cccs1. The van der Waals surface area contributed by atoms with Crippen molar-refractivity contribution in [3.05, 3.63) is 46.7 Å². The van der Waals surface area contributed by atoms with E-state index in [0.717, 1.165) is 5.69 Å². The van der Waals surface area contributed by atoms with Gasteiger partial charge in [0, 0.05) is 10.6 Å². The van der Waals surface area contributed by atoms with Crippen LogP contribution >= 0.6 is 11.3 Å². The van der Waals surface area contributed by atoms with Crippen LogP contribution in [-0.2, 0) is 10.2 Å². The van der Waals surface area contributed by atoms with Gasteiger partial charge in [0.15, 0.2) is 0 Å². The molecule has 0 saturated carbocycles. The average molecular weight is 297 g/mol. The first-order valence-electron chi connectivity index (χ1n) is 5.64. The van der Waals surface area contributed by atoms with Crippen molar-refractivity contribution in [3.8, 4) is 0 Å². The van der Waals surface area contributed by atoms with Crippen LogP contribution in [0.1, 0.15) is 17.8 Å². The molecule has 0 saturated heterocycles. The zero-order chi connectivity index (χ0) is 13.9. The fourth-order valence-corrected chi connectivity index (χ4v) is 2.89. The van der Waals surface area contributed by atoms with E-state index in [2.05, 4.69) is 16.1 Å². The van der Waals surface area contributed by atoms with Gasteiger partial charge in [-0.15, -0.1) is 11.3 Å². The van der Waals surface area contributed by atoms with Crippen molar-refractivity contribution in [1.82, 2.24) is 0 Å². The highest BCUT2D eigenvalue weighted by molar-refractivity contribution is 7.90. The molecular weight excluding hydrogens is 282 g/mol. The van der Waals surface area contributed by atoms with Gasteiger partial charge < -0.3 is 5.32 Å². The second kappa shape index (κ2) is 5.60. The molecule has 4 N–H and O–H groups in total. The Kier molecular flexibility index (Phi) is 4.08. The van der Waals surface area contributed by atoms with Gasteiger partial charge in [0.05, 0.1) is 11.7 Å². The van der Waals surface area contributed by atoms with Gasteiger partial charge in [0.25, 0.3) is 10.2 Å². The van der Waals surface area contributed by atoms with E-state index in [1.165, 1.54) is 4.88 Å². The molecule has 102 valence electrons. The summed E-state index contributed by atoms with van der Waals surface area (Å²) in [6.45, 7) is 2.05. The minimum atomic E-state index is -3.74. The van der Waals surface area contributed by atoms with Gasteiger partial charge >= 0.3 is 0 Å². The first-order chi connectivity index (χ1) is 8.94. The average Bonchev–Trinajstić information content (AvgIpc) is 2.80. The Morgan fingerprint density at radius 1 is 1.21 bits per heavy atom. The van der Waals surface area contributed by atoms with E-state index >= 15 is 0 Å². The molecule has 0 radical (unpaired) electrons. The molecule has 0 amide bonds. The molecule has 0 spiro atoms. The van der Waals surface area contributed by atoms with Gasteiger partial charge in [-0.05, 0) is 36.6 Å². The van der Waals surface area contributed by atoms with Crippen molar-refractivity contribution >= 4 is 32.9 Å². The van der Waals surface area contributed by atoms with E-state index in [1.54, 1.807) is 29.5 Å². The molecule has 0 bridgehead atoms. The summed E-state index contributed by atoms with van der Waals surface area (Å²) in [5, 5.41) is 10.3. The van der Waals surface area contributed by atoms with Crippen LogP contribution in [0.3, 0.4) is 0 Å². The third-order valence-corrected chi connectivity index (χ3v) is 4.05. The minimum Gasteiger partial charge on any atom is -0.378 e. The molecule has 1 atom stereocenters. The van der Waals surface area contributed by atoms with Crippen LogP contribution in [0.15, 0.2) is 41.8 Å². The molecule has 1 aromatic carbocycles. The zero-order valence-corrected chi connectivity index (χ0v) is 12.0. The Bertz CT molecular complexity index is 639. The van der Waals surface area contributed by atoms with Gasteiger partial charge in [0.1, 0.15) is 0 Å². The van der Waals surface area contributed by atoms with Crippen LogP contribution in [0.5, 0.6) is 0 Å². The lowest BCUT2D eigenvalue weighted by Crippen LogP contribution is -2.21. The number of rotatable bonds is 5. The van der Waals surface area contributed by atoms with Crippen molar-refractivity contribution in [2.75, 3.05) is 10.0 Å². The number of nitrogens with one attached hydrogen (secondary N) is 2. The summed E-state index contributed by atoms with van der Waals surface area (Å²) >= 11 is 1.67. The fourth-order valence-electron chi connectivity index (χ4n) is 1.70. The highest BCUT2D eigenvalue weighted by Gasteiger charge is 2.07. The summed E-state index contributed by atoms with van der Waals surface area (Å²) < 4.78 is 24.2. The maximum atomic E-state index is 11.0. The van der Waals surface area contributed by atoms with E-state index in [4.69, 9.17) is 5.14 Å². The molecule has 0 aliphatic carbocycles. The van der Waals surface area contributed by atoms with Gasteiger partial charge in [-0.25, -0.2) is 5.14 Å². The van der Waals surface area contributed by atoms with Crippen LogP contribution in [-0.4, -0.2) is 8.42 Å². The van der Waals surface area contributed by atoms with Gasteiger partial charge in [-0.2, -0.15) is 8.42 Å². The van der Waals surface area contributed by atoms with E-state index in [1.807, 2.05) is 24.4 Å². The van der Waals surface area contributed by atoms with Crippen molar-refractivity contribution in [2.45, 2.75) is 13.0 Å². The Balaban J connectivity index is 2.11. The lowest BCUT2D eigenvalue weighted by Gasteiger charge is -2.14. The van der Waals surface area contributed by atoms with E-state index in [0.29, 0.717) is 5.69 Å². The quantitative estimate of drug-likeness (QED) is 0.793. The van der Waals surface area contributed by atoms with Crippen LogP contribution in [0, 0.1) is 0 Å². The lowest BCUT2D eigenvalue weighted by molar-refractivity contribution is 0.603. The van der Waals surface area contributed by atoms with Gasteiger partial charge in [-0.3, -0.25) is 4.72 Å². The van der Waals surface area contributed by atoms with Gasteiger partial charge in [0.2, 0.25) is 0 Å². The monoisotopic (exact) mass is 297 g/mol. The van der Waals surface area contributed by atoms with Crippen LogP contribution in [0.4, 0.5) is 11.4 Å². The third kappa shape index (κ3) is 4.23. The topological polar surface area (TPSA) is 84.2 Å². The summed E-state index contributed by atoms with van der Waals surface area (Å²) in [6.07, 6.45) is 0. The fraction of sp³-hybridized carbons (Fsp3) is 0.167. The van der Waals surface area contributed by atoms with Crippen LogP contribution < -0.4 is 15.2 Å². The maximum Gasteiger partial charge on any atom is 0.296 e. The smallest absolute Gasteiger partial charge is 0.296 e. The second-order valence-electron chi connectivity index (χ2n) is 4.11. The van der Waals surface area contributed by atoms with E-state index in [-0.39, 0.29) is 6.04 Å². The number of benzene rings is 1. The Labute approximate surface area is 116 Å². The zero-order valence-electron chi connectivity index (χ0n) is 10.3. The molecule has 2 aromatic rings. The van der Waals surface area contributed by atoms with E-state index in [9.17, 15) is 8.42 Å². The van der Waals surface area contributed by atoms with E-state index < -0.39 is 10.2 Å². The van der Waals surface area contributed by atoms with Gasteiger partial charge in [-0.1, -0.05) is 12.1 Å². The third-order valence-electron chi connectivity index (χ3n) is 2.48. The second-order valence-corrected chi connectivity index (χ2v) is 6.38. The molecule has 1 unspecified atom stereocenters. The van der Waals surface area contributed by atoms with Crippen molar-refractivity contribution in [2.24, 2.45) is 5.14 Å². The Morgan fingerprint density at radius 3 is 2.58 bits per heavy atom. The minimum absolute atomic E-state index is 0.157. The molecule has 1 heterocycles. The number of thiophene rings is 1. The molecule has 19 heavy (non-hydrogen) atoms. The summed E-state index contributed by atoms with van der Waals surface area (Å²) in [5.74, 6) is 0. The van der Waals surface area contributed by atoms with Crippen LogP contribution in [0.25, 0.3) is 0 Å². The Morgan fingerprint density at radius 2 is 1.95 bits per heavy atom. The number of anilines is 2. The van der Waals surface area contributed by atoms with Crippen molar-refractivity contribution in [1.29, 1.82) is 0 Å². The molecule has 1 aromatic heterocycles. The van der Waals surface area contributed by atoms with Crippen molar-refractivity contribution in [3.63, 3.8) is 0 Å². The highest BCUT2D eigenvalue weighted by atomic mass is 32.2. The van der Waals surface area contributed by atoms with Crippen LogP contribution in [0.2, 0.25) is 0 Å². The predicted octanol–water partition coefficient (Wildman–Crippen LogP) is 2.54. The lowest BCUT2D eigenvalue weighted by atomic mass is 10.2. The standard InChI is InChI=1S/C12H15N3O2S2/c1-9(12-6-3-7-18-12)14-10-4-2-5-11(8-10)15-19(13,16)17/h2-9,14-15H,1H3,(H2,13,16,17). The molecule has 5 nitrogen and oxygen atoms in total. The summed E-state index contributed by atoms with van der Waals surface area (Å²) in [5.41, 5.74) is 1.26. The molecule has 0 aliphatic heterocycles. The number of hydrogen-bond acceptors (Lipinski definition) is 4. The normalized spacial score (nSPS) is 12.9. The largest absolute Gasteiger partial charge is 0.378 e. The Hall–Kier alpha value is -1.57. The molecule has 0 aliphatic rings. The first kappa shape index (κ1) is 13.9. The summed E-state index contributed by atoms with van der Waals surface area (Å²) in [7, 11) is -3.74. The number of nitrogens with two attached hydrogens (primary N) is 1. The highest BCUT2D eigenvalue weighted by Crippen LogP contribution is 2.24. The maximum absolute atomic E-state index is 11.0. The summed E-state index contributed by atoms with van der Waals surface area (Å²) in [6, 6.07) is 11.2. The molecule has 7 heteroatoms.